The Morgan fingerprint density at radius 3 is 2.75 bits per heavy atom. The summed E-state index contributed by atoms with van der Waals surface area (Å²) in [5.74, 6) is 0. The SMILES string of the molecule is O=[N+]([O-])c1ccccc1Cc1cn[nH]c1Cl. The van der Waals surface area contributed by atoms with Gasteiger partial charge in [0.25, 0.3) is 5.69 Å². The van der Waals surface area contributed by atoms with Crippen molar-refractivity contribution in [2.75, 3.05) is 0 Å². The third kappa shape index (κ3) is 2.04. The quantitative estimate of drug-likeness (QED) is 0.659. The van der Waals surface area contributed by atoms with Crippen molar-refractivity contribution in [3.8, 4) is 0 Å². The van der Waals surface area contributed by atoms with E-state index in [-0.39, 0.29) is 5.69 Å². The van der Waals surface area contributed by atoms with E-state index in [4.69, 9.17) is 11.6 Å². The number of H-pyrrole nitrogens is 1. The molecule has 0 saturated carbocycles. The number of para-hydroxylation sites is 1. The number of nitro groups is 1. The van der Waals surface area contributed by atoms with Gasteiger partial charge in [0.2, 0.25) is 0 Å². The van der Waals surface area contributed by atoms with Crippen LogP contribution in [0.15, 0.2) is 30.5 Å². The van der Waals surface area contributed by atoms with Crippen LogP contribution in [0.2, 0.25) is 5.15 Å². The summed E-state index contributed by atoms with van der Waals surface area (Å²) in [4.78, 5) is 10.4. The van der Waals surface area contributed by atoms with Crippen molar-refractivity contribution in [1.29, 1.82) is 0 Å². The van der Waals surface area contributed by atoms with E-state index in [9.17, 15) is 10.1 Å². The van der Waals surface area contributed by atoms with Gasteiger partial charge in [-0.25, -0.2) is 0 Å². The van der Waals surface area contributed by atoms with Crippen molar-refractivity contribution >= 4 is 17.3 Å². The highest BCUT2D eigenvalue weighted by Gasteiger charge is 2.14. The Morgan fingerprint density at radius 2 is 2.12 bits per heavy atom. The Hall–Kier alpha value is -1.88. The molecule has 0 radical (unpaired) electrons. The molecule has 2 rings (SSSR count). The third-order valence-electron chi connectivity index (χ3n) is 2.23. The maximum Gasteiger partial charge on any atom is 0.272 e. The zero-order valence-corrected chi connectivity index (χ0v) is 8.94. The first-order valence-corrected chi connectivity index (χ1v) is 4.96. The molecule has 0 saturated heterocycles. The molecule has 5 nitrogen and oxygen atoms in total. The van der Waals surface area contributed by atoms with Gasteiger partial charge in [0.1, 0.15) is 5.15 Å². The minimum Gasteiger partial charge on any atom is -0.267 e. The second-order valence-corrected chi connectivity index (χ2v) is 3.65. The molecule has 0 aliphatic carbocycles. The lowest BCUT2D eigenvalue weighted by Crippen LogP contribution is -1.95. The van der Waals surface area contributed by atoms with Gasteiger partial charge in [0.05, 0.1) is 11.1 Å². The number of rotatable bonds is 3. The van der Waals surface area contributed by atoms with E-state index < -0.39 is 4.92 Å². The normalized spacial score (nSPS) is 10.3. The number of halogens is 1. The van der Waals surface area contributed by atoms with Crippen LogP contribution in [0.3, 0.4) is 0 Å². The largest absolute Gasteiger partial charge is 0.272 e. The maximum atomic E-state index is 10.8. The highest BCUT2D eigenvalue weighted by Crippen LogP contribution is 2.23. The van der Waals surface area contributed by atoms with Gasteiger partial charge in [-0.15, -0.1) is 0 Å². The minimum atomic E-state index is -0.399. The standard InChI is InChI=1S/C10H8ClN3O2/c11-10-8(6-12-13-10)5-7-3-1-2-4-9(7)14(15)16/h1-4,6H,5H2,(H,12,13). The number of hydrogen-bond acceptors (Lipinski definition) is 3. The van der Waals surface area contributed by atoms with Crippen LogP contribution >= 0.6 is 11.6 Å². The summed E-state index contributed by atoms with van der Waals surface area (Å²) in [6.07, 6.45) is 1.96. The highest BCUT2D eigenvalue weighted by atomic mass is 35.5. The van der Waals surface area contributed by atoms with E-state index >= 15 is 0 Å². The highest BCUT2D eigenvalue weighted by molar-refractivity contribution is 6.30. The van der Waals surface area contributed by atoms with Crippen LogP contribution in [0.5, 0.6) is 0 Å². The van der Waals surface area contributed by atoms with E-state index in [0.29, 0.717) is 17.1 Å². The molecule has 1 heterocycles. The van der Waals surface area contributed by atoms with Crippen LogP contribution < -0.4 is 0 Å². The molecule has 0 unspecified atom stereocenters. The Morgan fingerprint density at radius 1 is 1.38 bits per heavy atom. The van der Waals surface area contributed by atoms with Gasteiger partial charge < -0.3 is 0 Å². The average molecular weight is 238 g/mol. The lowest BCUT2D eigenvalue weighted by Gasteiger charge is -2.00. The molecule has 1 aromatic heterocycles. The summed E-state index contributed by atoms with van der Waals surface area (Å²) in [6.45, 7) is 0. The van der Waals surface area contributed by atoms with Crippen molar-refractivity contribution in [3.63, 3.8) is 0 Å². The van der Waals surface area contributed by atoms with Crippen LogP contribution in [0, 0.1) is 10.1 Å². The first kappa shape index (κ1) is 10.6. The molecule has 0 bridgehead atoms. The third-order valence-corrected chi connectivity index (χ3v) is 2.56. The fourth-order valence-corrected chi connectivity index (χ4v) is 1.63. The van der Waals surface area contributed by atoms with E-state index in [0.717, 1.165) is 5.56 Å². The topological polar surface area (TPSA) is 71.8 Å². The van der Waals surface area contributed by atoms with Gasteiger partial charge in [-0.05, 0) is 0 Å². The Balaban J connectivity index is 2.35. The predicted molar refractivity (Wildman–Crippen MR) is 59.5 cm³/mol. The maximum absolute atomic E-state index is 10.8. The molecule has 1 N–H and O–H groups in total. The van der Waals surface area contributed by atoms with Crippen molar-refractivity contribution in [3.05, 3.63) is 56.9 Å². The number of benzene rings is 1. The Labute approximate surface area is 96.2 Å². The first-order valence-electron chi connectivity index (χ1n) is 4.58. The molecule has 6 heteroatoms. The Bertz CT molecular complexity index is 524. The molecule has 0 spiro atoms. The molecular formula is C10H8ClN3O2. The van der Waals surface area contributed by atoms with Crippen LogP contribution in [-0.4, -0.2) is 15.1 Å². The number of nitrogens with zero attached hydrogens (tertiary/aromatic N) is 2. The summed E-state index contributed by atoms with van der Waals surface area (Å²) in [6, 6.07) is 6.58. The molecule has 16 heavy (non-hydrogen) atoms. The lowest BCUT2D eigenvalue weighted by molar-refractivity contribution is -0.385. The molecule has 0 atom stereocenters. The summed E-state index contributed by atoms with van der Waals surface area (Å²) < 4.78 is 0. The van der Waals surface area contributed by atoms with E-state index in [2.05, 4.69) is 10.2 Å². The van der Waals surface area contributed by atoms with Crippen molar-refractivity contribution < 1.29 is 4.92 Å². The van der Waals surface area contributed by atoms with Crippen molar-refractivity contribution in [2.45, 2.75) is 6.42 Å². The minimum absolute atomic E-state index is 0.0970. The molecule has 0 aliphatic rings. The summed E-state index contributed by atoms with van der Waals surface area (Å²) in [5, 5.41) is 17.5. The van der Waals surface area contributed by atoms with E-state index in [1.165, 1.54) is 6.07 Å². The molecule has 0 amide bonds. The molecule has 0 fully saturated rings. The predicted octanol–water partition coefficient (Wildman–Crippen LogP) is 2.56. The van der Waals surface area contributed by atoms with Gasteiger partial charge in [-0.2, -0.15) is 5.10 Å². The van der Waals surface area contributed by atoms with Crippen LogP contribution in [0.1, 0.15) is 11.1 Å². The monoisotopic (exact) mass is 237 g/mol. The zero-order chi connectivity index (χ0) is 11.5. The number of nitrogens with one attached hydrogen (secondary N) is 1. The second-order valence-electron chi connectivity index (χ2n) is 3.27. The Kier molecular flexibility index (Phi) is 2.87. The zero-order valence-electron chi connectivity index (χ0n) is 8.18. The smallest absolute Gasteiger partial charge is 0.267 e. The lowest BCUT2D eigenvalue weighted by atomic mass is 10.1. The van der Waals surface area contributed by atoms with Crippen molar-refractivity contribution in [1.82, 2.24) is 10.2 Å². The van der Waals surface area contributed by atoms with Crippen LogP contribution in [0.25, 0.3) is 0 Å². The molecule has 82 valence electrons. The molecular weight excluding hydrogens is 230 g/mol. The first-order chi connectivity index (χ1) is 7.68. The van der Waals surface area contributed by atoms with E-state index in [1.807, 2.05) is 0 Å². The summed E-state index contributed by atoms with van der Waals surface area (Å²) in [7, 11) is 0. The van der Waals surface area contributed by atoms with Crippen molar-refractivity contribution in [2.24, 2.45) is 0 Å². The fourth-order valence-electron chi connectivity index (χ4n) is 1.46. The van der Waals surface area contributed by atoms with Gasteiger partial charge in [-0.3, -0.25) is 15.2 Å². The van der Waals surface area contributed by atoms with Gasteiger partial charge in [0.15, 0.2) is 0 Å². The van der Waals surface area contributed by atoms with Gasteiger partial charge >= 0.3 is 0 Å². The summed E-state index contributed by atoms with van der Waals surface area (Å²) >= 11 is 5.83. The fraction of sp³-hybridized carbons (Fsp3) is 0.100. The number of aromatic nitrogens is 2. The second kappa shape index (κ2) is 4.32. The molecule has 0 aliphatic heterocycles. The van der Waals surface area contributed by atoms with E-state index in [1.54, 1.807) is 24.4 Å². The number of aromatic amines is 1. The number of hydrogen-bond donors (Lipinski definition) is 1. The summed E-state index contributed by atoms with van der Waals surface area (Å²) in [5.41, 5.74) is 1.46. The van der Waals surface area contributed by atoms with Crippen LogP contribution in [0.4, 0.5) is 5.69 Å². The number of nitro benzene ring substituents is 1. The van der Waals surface area contributed by atoms with Gasteiger partial charge in [-0.1, -0.05) is 29.8 Å². The molecule has 2 aromatic rings. The molecule has 1 aromatic carbocycles. The van der Waals surface area contributed by atoms with Gasteiger partial charge in [0, 0.05) is 23.6 Å². The average Bonchev–Trinajstić information content (AvgIpc) is 2.65. The van der Waals surface area contributed by atoms with Crippen LogP contribution in [-0.2, 0) is 6.42 Å².